The van der Waals surface area contributed by atoms with Crippen LogP contribution in [0.15, 0.2) is 48.7 Å². The van der Waals surface area contributed by atoms with Crippen LogP contribution in [0.4, 0.5) is 28.8 Å². The number of aryl methyl sites for hydroxylation is 1. The van der Waals surface area contributed by atoms with Crippen molar-refractivity contribution in [1.29, 1.82) is 0 Å². The molecule has 1 atom stereocenters. The number of carboxylic acid groups (broad SMARTS) is 1. The average molecular weight is 1010 g/mol. The van der Waals surface area contributed by atoms with Gasteiger partial charge in [-0.25, -0.2) is 19.4 Å². The number of ether oxygens (including phenoxy) is 5. The molecule has 23 nitrogen and oxygen atoms in total. The number of rotatable bonds is 32. The van der Waals surface area contributed by atoms with Crippen molar-refractivity contribution in [1.82, 2.24) is 35.0 Å². The van der Waals surface area contributed by atoms with Crippen LogP contribution in [-0.2, 0) is 46.2 Å². The monoisotopic (exact) mass is 1010 g/mol. The summed E-state index contributed by atoms with van der Waals surface area (Å²) in [4.78, 5) is 68.3. The molecule has 0 bridgehead atoms. The number of aromatic nitrogens is 6. The highest BCUT2D eigenvalue weighted by molar-refractivity contribution is 6.00. The number of primary amides is 1. The first kappa shape index (κ1) is 55.3. The number of carboxylic acids is 1. The van der Waals surface area contributed by atoms with Gasteiger partial charge >= 0.3 is 5.97 Å². The fourth-order valence-corrected chi connectivity index (χ4v) is 8.19. The van der Waals surface area contributed by atoms with Crippen LogP contribution in [0.5, 0.6) is 0 Å². The normalized spacial score (nSPS) is 13.4. The molecule has 3 aromatic heterocycles. The Hall–Kier alpha value is -7.05. The molecule has 394 valence electrons. The summed E-state index contributed by atoms with van der Waals surface area (Å²) in [5.41, 5.74) is 23.9. The molecule has 0 radical (unpaired) electrons. The van der Waals surface area contributed by atoms with Gasteiger partial charge in [0.2, 0.25) is 11.9 Å². The topological polar surface area (TPSA) is 321 Å². The van der Waals surface area contributed by atoms with Gasteiger partial charge in [-0.3, -0.25) is 14.4 Å². The molecule has 2 aromatic carbocycles. The highest BCUT2D eigenvalue weighted by Gasteiger charge is 2.36. The van der Waals surface area contributed by atoms with E-state index >= 15 is 0 Å². The molecular weight excluding hydrogens is 943 g/mol. The number of hydrogen-bond acceptors (Lipinski definition) is 19. The van der Waals surface area contributed by atoms with Crippen molar-refractivity contribution in [2.24, 2.45) is 11.1 Å². The van der Waals surface area contributed by atoms with Gasteiger partial charge in [0, 0.05) is 63.3 Å². The summed E-state index contributed by atoms with van der Waals surface area (Å²) < 4.78 is 29.8. The Morgan fingerprint density at radius 2 is 1.48 bits per heavy atom. The number of benzene rings is 2. The number of carbonyl (C=O) groups is 4. The molecule has 0 saturated carbocycles. The number of hydrogen-bond donors (Lipinski definition) is 7. The molecule has 5 aromatic rings. The van der Waals surface area contributed by atoms with Crippen molar-refractivity contribution in [3.8, 4) is 5.69 Å². The van der Waals surface area contributed by atoms with Gasteiger partial charge in [-0.2, -0.15) is 15.1 Å². The first-order valence-corrected chi connectivity index (χ1v) is 24.4. The molecule has 0 aliphatic heterocycles. The summed E-state index contributed by atoms with van der Waals surface area (Å²) >= 11 is 0. The van der Waals surface area contributed by atoms with E-state index in [1.165, 1.54) is 0 Å². The van der Waals surface area contributed by atoms with Gasteiger partial charge in [-0.1, -0.05) is 13.8 Å². The molecule has 0 fully saturated rings. The first-order valence-electron chi connectivity index (χ1n) is 24.4. The smallest absolute Gasteiger partial charge is 0.326 e. The van der Waals surface area contributed by atoms with Gasteiger partial charge in [0.05, 0.1) is 99.5 Å². The third-order valence-corrected chi connectivity index (χ3v) is 11.8. The van der Waals surface area contributed by atoms with Crippen molar-refractivity contribution < 1.29 is 48.0 Å². The van der Waals surface area contributed by atoms with Crippen LogP contribution < -0.4 is 38.1 Å². The van der Waals surface area contributed by atoms with E-state index in [4.69, 9.17) is 46.0 Å². The van der Waals surface area contributed by atoms with Gasteiger partial charge in [-0.15, -0.1) is 0 Å². The molecule has 3 heterocycles. The molecule has 2 amide bonds. The van der Waals surface area contributed by atoms with Crippen LogP contribution in [0.3, 0.4) is 0 Å². The first-order chi connectivity index (χ1) is 35.1. The highest BCUT2D eigenvalue weighted by atomic mass is 16.6. The van der Waals surface area contributed by atoms with E-state index in [1.807, 2.05) is 41.8 Å². The van der Waals surface area contributed by atoms with Crippen molar-refractivity contribution >= 4 is 63.6 Å². The Morgan fingerprint density at radius 1 is 0.849 bits per heavy atom. The lowest BCUT2D eigenvalue weighted by Gasteiger charge is -2.29. The molecule has 23 heteroatoms. The maximum Gasteiger partial charge on any atom is 0.326 e. The summed E-state index contributed by atoms with van der Waals surface area (Å²) in [5.74, 6) is -1.56. The van der Waals surface area contributed by atoms with E-state index in [1.54, 1.807) is 30.5 Å². The number of nitrogens with zero attached hydrogens (tertiary/aromatic N) is 7. The second-order valence-corrected chi connectivity index (χ2v) is 18.4. The van der Waals surface area contributed by atoms with Crippen LogP contribution >= 0.6 is 0 Å². The number of amides is 2. The predicted octanol–water partition coefficient (Wildman–Crippen LogP) is 3.71. The van der Waals surface area contributed by atoms with Gasteiger partial charge in [0.1, 0.15) is 6.04 Å². The maximum absolute atomic E-state index is 12.9. The molecule has 0 saturated heterocycles. The Bertz CT molecular complexity index is 2650. The van der Waals surface area contributed by atoms with Gasteiger partial charge in [0.25, 0.3) is 5.91 Å². The lowest BCUT2D eigenvalue weighted by atomic mass is 9.75. The number of Topliss-reactive ketones (excluding diaryl/α,β-unsaturated/α-hetero) is 1. The number of fused-ring (bicyclic) bond motifs is 2. The quantitative estimate of drug-likeness (QED) is 0.0302. The molecule has 6 rings (SSSR count). The molecule has 73 heavy (non-hydrogen) atoms. The largest absolute Gasteiger partial charge is 0.480 e. The van der Waals surface area contributed by atoms with E-state index in [0.717, 1.165) is 17.1 Å². The Kier molecular flexibility index (Phi) is 20.5. The number of carbonyl (C=O) groups excluding carboxylic acids is 3. The number of aliphatic carboxylic acids is 1. The predicted molar refractivity (Wildman–Crippen MR) is 275 cm³/mol. The molecule has 1 aliphatic carbocycles. The minimum Gasteiger partial charge on any atom is -0.480 e. The van der Waals surface area contributed by atoms with Crippen molar-refractivity contribution in [2.75, 3.05) is 113 Å². The third-order valence-electron chi connectivity index (χ3n) is 11.8. The minimum atomic E-state index is -1.06. The van der Waals surface area contributed by atoms with E-state index in [2.05, 4.69) is 49.7 Å². The molecule has 0 unspecified atom stereocenters. The van der Waals surface area contributed by atoms with Gasteiger partial charge in [-0.05, 0) is 80.5 Å². The summed E-state index contributed by atoms with van der Waals surface area (Å²) in [7, 11) is 1.88. The van der Waals surface area contributed by atoms with Crippen LogP contribution in [0.2, 0.25) is 0 Å². The molecule has 10 N–H and O–H groups in total. The molecule has 0 spiro atoms. The van der Waals surface area contributed by atoms with E-state index < -0.39 is 17.9 Å². The summed E-state index contributed by atoms with van der Waals surface area (Å²) in [5, 5.41) is 23.6. The third kappa shape index (κ3) is 16.8. The van der Waals surface area contributed by atoms with E-state index in [0.29, 0.717) is 156 Å². The van der Waals surface area contributed by atoms with Crippen LogP contribution in [0.1, 0.15) is 83.7 Å². The van der Waals surface area contributed by atoms with Crippen molar-refractivity contribution in [3.05, 3.63) is 76.9 Å². The van der Waals surface area contributed by atoms with Crippen LogP contribution in [-0.4, -0.2) is 151 Å². The number of nitrogens with two attached hydrogens (primary N) is 3. The summed E-state index contributed by atoms with van der Waals surface area (Å²) in [6.07, 6.45) is 4.22. The van der Waals surface area contributed by atoms with Crippen LogP contribution in [0.25, 0.3) is 16.9 Å². The SMILES string of the molecule is Cc1nn(-c2ccc(C(N)=O)c(NCCCOCCOCCOCCOCCOCCCNC(=O)CC[C@H](Nc3ccc(N(C)Cc4cnc5nc(N)nc(N)c5n4)cc3)C(=O)O)c2)c2c1C(=O)CC(C)(C)C2. The van der Waals surface area contributed by atoms with Gasteiger partial charge in [0.15, 0.2) is 22.8 Å². The Labute approximate surface area is 424 Å². The van der Waals surface area contributed by atoms with E-state index in [-0.39, 0.29) is 41.7 Å². The zero-order chi connectivity index (χ0) is 52.3. The number of nitrogens with one attached hydrogen (secondary N) is 3. The summed E-state index contributed by atoms with van der Waals surface area (Å²) in [6, 6.07) is 11.6. The van der Waals surface area contributed by atoms with Crippen molar-refractivity contribution in [3.63, 3.8) is 0 Å². The Balaban J connectivity index is 0.725. The fraction of sp³-hybridized carbons (Fsp3) is 0.500. The zero-order valence-electron chi connectivity index (χ0n) is 42.1. The lowest BCUT2D eigenvalue weighted by molar-refractivity contribution is -0.138. The lowest BCUT2D eigenvalue weighted by Crippen LogP contribution is -2.32. The number of nitrogen functional groups attached to an aromatic ring is 2. The fourth-order valence-electron chi connectivity index (χ4n) is 8.19. The highest BCUT2D eigenvalue weighted by Crippen LogP contribution is 2.37. The Morgan fingerprint density at radius 3 is 2.11 bits per heavy atom. The minimum absolute atomic E-state index is 0.0259. The summed E-state index contributed by atoms with van der Waals surface area (Å²) in [6.45, 7) is 11.6. The second-order valence-electron chi connectivity index (χ2n) is 18.4. The molecule has 1 aliphatic rings. The zero-order valence-corrected chi connectivity index (χ0v) is 42.1. The average Bonchev–Trinajstić information content (AvgIpc) is 3.68. The van der Waals surface area contributed by atoms with E-state index in [9.17, 15) is 24.3 Å². The van der Waals surface area contributed by atoms with Gasteiger partial charge < -0.3 is 66.8 Å². The number of ketones is 1. The van der Waals surface area contributed by atoms with Crippen LogP contribution in [0, 0.1) is 12.3 Å². The second kappa shape index (κ2) is 27.1. The molecular formula is C50H69N13O10. The standard InChI is InChI=1S/C50H69N13O10/c1-32-43-40(28-50(2,3)29-41(43)64)63(61-32)36-11-12-37(46(52)66)39(27-36)54-15-5-17-69-19-21-71-23-25-73-26-24-72-22-20-70-18-6-16-55-42(65)14-13-38(48(67)68)57-33-7-9-35(10-8-33)62(4)31-34-30-56-47-44(58-34)45(51)59-49(53)60-47/h7-12,27,30,38,54,57H,5-6,13-26,28-29,31H2,1-4H3,(H2,52,66)(H,55,65)(H,67,68)(H4,51,53,56,59,60)/t38-/m0/s1. The van der Waals surface area contributed by atoms with Crippen molar-refractivity contribution in [2.45, 2.75) is 71.9 Å². The number of anilines is 5. The maximum atomic E-state index is 12.9.